The molecule has 0 radical (unpaired) electrons. The van der Waals surface area contributed by atoms with Crippen molar-refractivity contribution in [1.29, 1.82) is 0 Å². The van der Waals surface area contributed by atoms with Gasteiger partial charge in [-0.2, -0.15) is 0 Å². The second-order valence-corrected chi connectivity index (χ2v) is 5.53. The average molecular weight is 312 g/mol. The first kappa shape index (κ1) is 15.3. The SMILES string of the molecule is CNC(Cc1ccc(F)cc1)Cc1c(Cl)cccc1Cl. The van der Waals surface area contributed by atoms with E-state index in [0.29, 0.717) is 10.0 Å². The van der Waals surface area contributed by atoms with Crippen molar-refractivity contribution in [3.8, 4) is 0 Å². The molecule has 1 atom stereocenters. The highest BCUT2D eigenvalue weighted by atomic mass is 35.5. The average Bonchev–Trinajstić information content (AvgIpc) is 2.44. The number of likely N-dealkylation sites (N-methyl/N-ethyl adjacent to an activating group) is 1. The van der Waals surface area contributed by atoms with Gasteiger partial charge in [0.05, 0.1) is 0 Å². The Morgan fingerprint density at radius 1 is 1.00 bits per heavy atom. The minimum atomic E-state index is -0.219. The largest absolute Gasteiger partial charge is 0.316 e. The zero-order valence-electron chi connectivity index (χ0n) is 11.2. The van der Waals surface area contributed by atoms with Crippen LogP contribution in [0.3, 0.4) is 0 Å². The Labute approximate surface area is 128 Å². The van der Waals surface area contributed by atoms with E-state index < -0.39 is 0 Å². The summed E-state index contributed by atoms with van der Waals surface area (Å²) in [5, 5.41) is 4.61. The van der Waals surface area contributed by atoms with E-state index >= 15 is 0 Å². The van der Waals surface area contributed by atoms with Gasteiger partial charge in [-0.15, -0.1) is 0 Å². The van der Waals surface area contributed by atoms with Crippen molar-refractivity contribution < 1.29 is 4.39 Å². The predicted octanol–water partition coefficient (Wildman–Crippen LogP) is 4.51. The minimum Gasteiger partial charge on any atom is -0.316 e. The lowest BCUT2D eigenvalue weighted by Gasteiger charge is -2.18. The summed E-state index contributed by atoms with van der Waals surface area (Å²) in [5.41, 5.74) is 2.02. The van der Waals surface area contributed by atoms with Crippen molar-refractivity contribution in [3.63, 3.8) is 0 Å². The van der Waals surface area contributed by atoms with Crippen LogP contribution in [0.2, 0.25) is 10.0 Å². The van der Waals surface area contributed by atoms with Crippen molar-refractivity contribution in [1.82, 2.24) is 5.32 Å². The lowest BCUT2D eigenvalue weighted by molar-refractivity contribution is 0.555. The van der Waals surface area contributed by atoms with E-state index in [-0.39, 0.29) is 11.9 Å². The van der Waals surface area contributed by atoms with Crippen LogP contribution in [-0.2, 0) is 12.8 Å². The summed E-state index contributed by atoms with van der Waals surface area (Å²) < 4.78 is 12.9. The first-order valence-corrected chi connectivity index (χ1v) is 7.20. The molecule has 0 spiro atoms. The van der Waals surface area contributed by atoms with Gasteiger partial charge < -0.3 is 5.32 Å². The second-order valence-electron chi connectivity index (χ2n) is 4.72. The van der Waals surface area contributed by atoms with E-state index in [2.05, 4.69) is 5.32 Å². The van der Waals surface area contributed by atoms with Crippen LogP contribution in [0, 0.1) is 5.82 Å². The van der Waals surface area contributed by atoms with Gasteiger partial charge in [-0.05, 0) is 55.3 Å². The summed E-state index contributed by atoms with van der Waals surface area (Å²) in [4.78, 5) is 0. The van der Waals surface area contributed by atoms with Crippen molar-refractivity contribution in [2.24, 2.45) is 0 Å². The molecule has 0 fully saturated rings. The summed E-state index contributed by atoms with van der Waals surface area (Å²) in [5.74, 6) is -0.219. The molecule has 0 saturated carbocycles. The lowest BCUT2D eigenvalue weighted by Crippen LogP contribution is -2.30. The zero-order valence-corrected chi connectivity index (χ0v) is 12.7. The van der Waals surface area contributed by atoms with Crippen LogP contribution in [0.1, 0.15) is 11.1 Å². The van der Waals surface area contributed by atoms with Gasteiger partial charge in [0.1, 0.15) is 5.82 Å². The highest BCUT2D eigenvalue weighted by Crippen LogP contribution is 2.26. The molecule has 0 saturated heterocycles. The number of hydrogen-bond acceptors (Lipinski definition) is 1. The maximum Gasteiger partial charge on any atom is 0.123 e. The molecule has 1 unspecified atom stereocenters. The summed E-state index contributed by atoms with van der Waals surface area (Å²) in [7, 11) is 1.90. The molecule has 0 aliphatic rings. The standard InChI is InChI=1S/C16H16Cl2FN/c1-20-13(9-11-5-7-12(19)8-6-11)10-14-15(17)3-2-4-16(14)18/h2-8,13,20H,9-10H2,1H3. The van der Waals surface area contributed by atoms with E-state index in [1.165, 1.54) is 12.1 Å². The van der Waals surface area contributed by atoms with Gasteiger partial charge in [0.15, 0.2) is 0 Å². The Kier molecular flexibility index (Phi) is 5.41. The fraction of sp³-hybridized carbons (Fsp3) is 0.250. The van der Waals surface area contributed by atoms with Crippen LogP contribution >= 0.6 is 23.2 Å². The fourth-order valence-electron chi connectivity index (χ4n) is 2.16. The Bertz CT molecular complexity index is 549. The van der Waals surface area contributed by atoms with E-state index in [1.54, 1.807) is 12.1 Å². The number of halogens is 3. The Hall–Kier alpha value is -1.09. The third-order valence-electron chi connectivity index (χ3n) is 3.32. The number of rotatable bonds is 5. The molecule has 0 aromatic heterocycles. The smallest absolute Gasteiger partial charge is 0.123 e. The number of hydrogen-bond donors (Lipinski definition) is 1. The quantitative estimate of drug-likeness (QED) is 0.857. The first-order valence-electron chi connectivity index (χ1n) is 6.44. The van der Waals surface area contributed by atoms with E-state index in [4.69, 9.17) is 23.2 Å². The van der Waals surface area contributed by atoms with Crippen LogP contribution in [0.15, 0.2) is 42.5 Å². The maximum absolute atomic E-state index is 12.9. The molecule has 20 heavy (non-hydrogen) atoms. The zero-order chi connectivity index (χ0) is 14.5. The molecular formula is C16H16Cl2FN. The maximum atomic E-state index is 12.9. The minimum absolute atomic E-state index is 0.192. The molecule has 2 aromatic carbocycles. The van der Waals surface area contributed by atoms with E-state index in [9.17, 15) is 4.39 Å². The summed E-state index contributed by atoms with van der Waals surface area (Å²) >= 11 is 12.4. The molecule has 0 bridgehead atoms. The molecule has 106 valence electrons. The fourth-order valence-corrected chi connectivity index (χ4v) is 2.71. The third-order valence-corrected chi connectivity index (χ3v) is 4.02. The molecule has 1 nitrogen and oxygen atoms in total. The number of nitrogens with one attached hydrogen (secondary N) is 1. The molecule has 2 aromatic rings. The van der Waals surface area contributed by atoms with Gasteiger partial charge in [-0.3, -0.25) is 0 Å². The van der Waals surface area contributed by atoms with Crippen LogP contribution in [0.4, 0.5) is 4.39 Å². The van der Waals surface area contributed by atoms with E-state index in [1.807, 2.05) is 25.2 Å². The molecule has 0 aliphatic heterocycles. The summed E-state index contributed by atoms with van der Waals surface area (Å²) in [6, 6.07) is 12.3. The predicted molar refractivity (Wildman–Crippen MR) is 83.1 cm³/mol. The van der Waals surface area contributed by atoms with Gasteiger partial charge in [-0.1, -0.05) is 41.4 Å². The van der Waals surface area contributed by atoms with Crippen LogP contribution < -0.4 is 5.32 Å². The van der Waals surface area contributed by atoms with Crippen LogP contribution in [0.5, 0.6) is 0 Å². The molecule has 0 amide bonds. The highest BCUT2D eigenvalue weighted by molar-refractivity contribution is 6.36. The van der Waals surface area contributed by atoms with Gasteiger partial charge >= 0.3 is 0 Å². The van der Waals surface area contributed by atoms with Gasteiger partial charge in [0, 0.05) is 16.1 Å². The van der Waals surface area contributed by atoms with Crippen molar-refractivity contribution >= 4 is 23.2 Å². The van der Waals surface area contributed by atoms with E-state index in [0.717, 1.165) is 24.0 Å². The van der Waals surface area contributed by atoms with Crippen LogP contribution in [0.25, 0.3) is 0 Å². The Morgan fingerprint density at radius 3 is 2.15 bits per heavy atom. The highest BCUT2D eigenvalue weighted by Gasteiger charge is 2.13. The van der Waals surface area contributed by atoms with Crippen molar-refractivity contribution in [2.45, 2.75) is 18.9 Å². The Morgan fingerprint density at radius 2 is 1.60 bits per heavy atom. The monoisotopic (exact) mass is 311 g/mol. The molecule has 0 heterocycles. The van der Waals surface area contributed by atoms with Gasteiger partial charge in [0.25, 0.3) is 0 Å². The van der Waals surface area contributed by atoms with Crippen molar-refractivity contribution in [3.05, 3.63) is 69.5 Å². The topological polar surface area (TPSA) is 12.0 Å². The molecular weight excluding hydrogens is 296 g/mol. The normalized spacial score (nSPS) is 12.4. The molecule has 1 N–H and O–H groups in total. The lowest BCUT2D eigenvalue weighted by atomic mass is 9.99. The number of benzene rings is 2. The summed E-state index contributed by atoms with van der Waals surface area (Å²) in [6.45, 7) is 0. The van der Waals surface area contributed by atoms with Gasteiger partial charge in [0.2, 0.25) is 0 Å². The second kappa shape index (κ2) is 7.07. The molecule has 2 rings (SSSR count). The molecule has 0 aliphatic carbocycles. The third kappa shape index (κ3) is 3.95. The molecule has 4 heteroatoms. The van der Waals surface area contributed by atoms with Crippen molar-refractivity contribution in [2.75, 3.05) is 7.05 Å². The Balaban J connectivity index is 2.11. The van der Waals surface area contributed by atoms with Crippen LogP contribution in [-0.4, -0.2) is 13.1 Å². The van der Waals surface area contributed by atoms with Gasteiger partial charge in [-0.25, -0.2) is 4.39 Å². The first-order chi connectivity index (χ1) is 9.60. The summed E-state index contributed by atoms with van der Waals surface area (Å²) in [6.07, 6.45) is 1.52.